The number of halogens is 2. The summed E-state index contributed by atoms with van der Waals surface area (Å²) in [5.74, 6) is -1.30. The zero-order chi connectivity index (χ0) is 17.6. The number of nitrogens with one attached hydrogen (secondary N) is 1. The minimum Gasteiger partial charge on any atom is -0.254 e. The summed E-state index contributed by atoms with van der Waals surface area (Å²) in [4.78, 5) is 7.96. The summed E-state index contributed by atoms with van der Waals surface area (Å²) >= 11 is 5.64. The summed E-state index contributed by atoms with van der Waals surface area (Å²) in [6, 6.07) is 9.88. The number of fused-ring (bicyclic) bond motifs is 3. The molecule has 0 amide bonds. The van der Waals surface area contributed by atoms with Crippen LogP contribution in [0.2, 0.25) is 5.02 Å². The maximum atomic E-state index is 13.9. The Morgan fingerprint density at radius 3 is 2.72 bits per heavy atom. The van der Waals surface area contributed by atoms with Gasteiger partial charge in [-0.05, 0) is 18.2 Å². The van der Waals surface area contributed by atoms with Crippen LogP contribution in [0.15, 0.2) is 55.0 Å². The lowest BCUT2D eigenvalue weighted by atomic mass is 10.1. The van der Waals surface area contributed by atoms with Crippen molar-refractivity contribution in [1.29, 1.82) is 0 Å². The van der Waals surface area contributed by atoms with Crippen molar-refractivity contribution >= 4 is 49.4 Å². The van der Waals surface area contributed by atoms with Crippen LogP contribution in [0.1, 0.15) is 0 Å². The van der Waals surface area contributed by atoms with Gasteiger partial charge in [0.05, 0.1) is 16.1 Å². The molecule has 0 aliphatic carbocycles. The highest BCUT2D eigenvalue weighted by molar-refractivity contribution is 7.91. The first-order chi connectivity index (χ1) is 12.0. The van der Waals surface area contributed by atoms with Crippen molar-refractivity contribution in [2.45, 2.75) is 0 Å². The van der Waals surface area contributed by atoms with Crippen molar-refractivity contribution in [1.82, 2.24) is 13.9 Å². The van der Waals surface area contributed by atoms with Gasteiger partial charge < -0.3 is 0 Å². The number of rotatable bonds is 3. The molecule has 0 fully saturated rings. The molecule has 4 rings (SSSR count). The first kappa shape index (κ1) is 15.8. The smallest absolute Gasteiger partial charge is 0.254 e. The van der Waals surface area contributed by atoms with Crippen LogP contribution in [0.3, 0.4) is 0 Å². The average Bonchev–Trinajstić information content (AvgIpc) is 3.03. The normalized spacial score (nSPS) is 11.9. The molecule has 4 aromatic rings. The van der Waals surface area contributed by atoms with Gasteiger partial charge in [-0.1, -0.05) is 29.8 Å². The van der Waals surface area contributed by atoms with Crippen LogP contribution in [0.5, 0.6) is 0 Å². The number of benzene rings is 1. The molecule has 25 heavy (non-hydrogen) atoms. The molecule has 3 heterocycles. The Hall–Kier alpha value is -2.71. The second-order valence-electron chi connectivity index (χ2n) is 5.28. The van der Waals surface area contributed by atoms with Crippen molar-refractivity contribution in [2.24, 2.45) is 0 Å². The predicted molar refractivity (Wildman–Crippen MR) is 94.4 cm³/mol. The van der Waals surface area contributed by atoms with E-state index in [1.54, 1.807) is 24.4 Å². The molecule has 0 spiro atoms. The summed E-state index contributed by atoms with van der Waals surface area (Å²) in [5, 5.41) is 1.56. The van der Waals surface area contributed by atoms with Crippen LogP contribution in [0.4, 0.5) is 10.2 Å². The zero-order valence-corrected chi connectivity index (χ0v) is 14.1. The summed E-state index contributed by atoms with van der Waals surface area (Å²) in [6.07, 6.45) is 4.13. The van der Waals surface area contributed by atoms with E-state index in [1.165, 1.54) is 6.20 Å². The number of hydrogen-bond acceptors (Lipinski definition) is 4. The van der Waals surface area contributed by atoms with Crippen LogP contribution < -0.4 is 4.72 Å². The highest BCUT2D eigenvalue weighted by Crippen LogP contribution is 2.26. The Balaban J connectivity index is 1.89. The van der Waals surface area contributed by atoms with E-state index in [4.69, 9.17) is 11.6 Å². The molecule has 0 unspecified atom stereocenters. The molecule has 9 heteroatoms. The molecule has 6 nitrogen and oxygen atoms in total. The molecule has 0 aliphatic heterocycles. The average molecular weight is 377 g/mol. The topological polar surface area (TPSA) is 76.9 Å². The van der Waals surface area contributed by atoms with Crippen LogP contribution in [0.25, 0.3) is 21.8 Å². The lowest BCUT2D eigenvalue weighted by Gasteiger charge is -2.11. The van der Waals surface area contributed by atoms with Crippen LogP contribution in [-0.4, -0.2) is 22.4 Å². The van der Waals surface area contributed by atoms with E-state index in [0.29, 0.717) is 16.4 Å². The van der Waals surface area contributed by atoms with Gasteiger partial charge in [0.1, 0.15) is 0 Å². The molecule has 0 aliphatic rings. The molecule has 126 valence electrons. The van der Waals surface area contributed by atoms with Gasteiger partial charge in [-0.25, -0.2) is 18.1 Å². The van der Waals surface area contributed by atoms with Gasteiger partial charge >= 0.3 is 10.2 Å². The van der Waals surface area contributed by atoms with Crippen molar-refractivity contribution in [3.05, 3.63) is 65.8 Å². The van der Waals surface area contributed by atoms with Crippen LogP contribution in [0, 0.1) is 5.82 Å². The molecule has 3 aromatic heterocycles. The minimum absolute atomic E-state index is 0.0713. The Morgan fingerprint density at radius 2 is 1.92 bits per heavy atom. The maximum Gasteiger partial charge on any atom is 0.329 e. The Bertz CT molecular complexity index is 1220. The molecule has 0 saturated heterocycles. The largest absolute Gasteiger partial charge is 0.329 e. The van der Waals surface area contributed by atoms with E-state index in [1.807, 2.05) is 12.1 Å². The van der Waals surface area contributed by atoms with Gasteiger partial charge in [0.15, 0.2) is 11.6 Å². The molecular weight excluding hydrogens is 367 g/mol. The first-order valence-corrected chi connectivity index (χ1v) is 8.97. The highest BCUT2D eigenvalue weighted by Gasteiger charge is 2.20. The van der Waals surface area contributed by atoms with Crippen molar-refractivity contribution in [3.8, 4) is 0 Å². The fourth-order valence-corrected chi connectivity index (χ4v) is 3.89. The van der Waals surface area contributed by atoms with E-state index in [0.717, 1.165) is 21.6 Å². The standard InChI is InChI=1S/C16H10ClFN4O2S/c17-12-8-13(18)16(20-9-12)21-25(23,24)22-7-5-11-4-3-10-2-1-6-19-14(10)15(11)22/h1-9H,(H,20,21). The van der Waals surface area contributed by atoms with Gasteiger partial charge in [-0.15, -0.1) is 0 Å². The fraction of sp³-hybridized carbons (Fsp3) is 0. The van der Waals surface area contributed by atoms with E-state index in [2.05, 4.69) is 14.7 Å². The molecular formula is C16H10ClFN4O2S. The first-order valence-electron chi connectivity index (χ1n) is 7.15. The fourth-order valence-electron chi connectivity index (χ4n) is 2.60. The third-order valence-corrected chi connectivity index (χ3v) is 5.16. The van der Waals surface area contributed by atoms with Crippen LogP contribution >= 0.6 is 11.6 Å². The summed E-state index contributed by atoms with van der Waals surface area (Å²) in [6.45, 7) is 0. The van der Waals surface area contributed by atoms with Gasteiger partial charge in [0.2, 0.25) is 0 Å². The summed E-state index contributed by atoms with van der Waals surface area (Å²) in [7, 11) is -4.14. The number of hydrogen-bond donors (Lipinski definition) is 1. The third-order valence-electron chi connectivity index (χ3n) is 3.68. The lowest BCUT2D eigenvalue weighted by molar-refractivity contribution is 0.591. The predicted octanol–water partition coefficient (Wildman–Crippen LogP) is 3.58. The second-order valence-corrected chi connectivity index (χ2v) is 7.27. The molecule has 0 radical (unpaired) electrons. The second kappa shape index (κ2) is 5.68. The number of nitrogens with zero attached hydrogens (tertiary/aromatic N) is 3. The Labute approximate surface area is 147 Å². The minimum atomic E-state index is -4.14. The third kappa shape index (κ3) is 2.69. The monoisotopic (exact) mass is 376 g/mol. The molecule has 0 atom stereocenters. The summed E-state index contributed by atoms with van der Waals surface area (Å²) < 4.78 is 42.5. The maximum absolute atomic E-state index is 13.9. The zero-order valence-electron chi connectivity index (χ0n) is 12.5. The number of anilines is 1. The van der Waals surface area contributed by atoms with Gasteiger partial charge in [0.25, 0.3) is 0 Å². The quantitative estimate of drug-likeness (QED) is 0.593. The molecule has 0 saturated carbocycles. The van der Waals surface area contributed by atoms with Crippen molar-refractivity contribution in [3.63, 3.8) is 0 Å². The SMILES string of the molecule is O=S(=O)(Nc1ncc(Cl)cc1F)n1ccc2ccc3cccnc3c21. The van der Waals surface area contributed by atoms with E-state index >= 15 is 0 Å². The van der Waals surface area contributed by atoms with Crippen molar-refractivity contribution < 1.29 is 12.8 Å². The van der Waals surface area contributed by atoms with Crippen molar-refractivity contribution in [2.75, 3.05) is 4.72 Å². The Kier molecular flexibility index (Phi) is 3.59. The van der Waals surface area contributed by atoms with Gasteiger partial charge in [0, 0.05) is 29.4 Å². The summed E-state index contributed by atoms with van der Waals surface area (Å²) in [5.41, 5.74) is 0.930. The Morgan fingerprint density at radius 1 is 1.12 bits per heavy atom. The molecule has 1 N–H and O–H groups in total. The van der Waals surface area contributed by atoms with E-state index in [-0.39, 0.29) is 5.02 Å². The van der Waals surface area contributed by atoms with Gasteiger partial charge in [-0.3, -0.25) is 4.98 Å². The van der Waals surface area contributed by atoms with E-state index in [9.17, 15) is 12.8 Å². The van der Waals surface area contributed by atoms with E-state index < -0.39 is 21.8 Å². The lowest BCUT2D eigenvalue weighted by Crippen LogP contribution is -2.22. The van der Waals surface area contributed by atoms with Crippen LogP contribution in [-0.2, 0) is 10.2 Å². The highest BCUT2D eigenvalue weighted by atomic mass is 35.5. The van der Waals surface area contributed by atoms with Gasteiger partial charge in [-0.2, -0.15) is 8.42 Å². The molecule has 1 aromatic carbocycles. The molecule has 0 bridgehead atoms. The number of aromatic nitrogens is 3. The number of pyridine rings is 2.